The zero-order chi connectivity index (χ0) is 22.8. The summed E-state index contributed by atoms with van der Waals surface area (Å²) in [5.41, 5.74) is 3.59. The van der Waals surface area contributed by atoms with Gasteiger partial charge in [0.2, 0.25) is 5.91 Å². The third-order valence-corrected chi connectivity index (χ3v) is 6.62. The number of thioether (sulfide) groups is 1. The van der Waals surface area contributed by atoms with Crippen molar-refractivity contribution in [2.45, 2.75) is 30.2 Å². The number of aryl methyl sites for hydroxylation is 1. The number of hydrogen-bond donors (Lipinski definition) is 1. The Kier molecular flexibility index (Phi) is 6.14. The Bertz CT molecular complexity index is 1230. The van der Waals surface area contributed by atoms with Gasteiger partial charge in [-0.05, 0) is 30.2 Å². The number of esters is 1. The molecule has 1 aliphatic heterocycles. The molecule has 3 aromatic rings. The van der Waals surface area contributed by atoms with Crippen LogP contribution in [0.25, 0.3) is 0 Å². The summed E-state index contributed by atoms with van der Waals surface area (Å²) in [5, 5.41) is 3.39. The van der Waals surface area contributed by atoms with E-state index in [-0.39, 0.29) is 17.9 Å². The second-order valence-corrected chi connectivity index (χ2v) is 8.66. The van der Waals surface area contributed by atoms with E-state index in [1.165, 1.54) is 24.4 Å². The Balaban J connectivity index is 1.67. The van der Waals surface area contributed by atoms with Crippen LogP contribution in [-0.4, -0.2) is 28.5 Å². The summed E-state index contributed by atoms with van der Waals surface area (Å²) >= 11 is 1.45. The summed E-state index contributed by atoms with van der Waals surface area (Å²) < 4.78 is 6.50. The van der Waals surface area contributed by atoms with Crippen molar-refractivity contribution < 1.29 is 14.3 Å². The first-order chi connectivity index (χ1) is 15.4. The lowest BCUT2D eigenvalue weighted by atomic mass is 9.86. The molecule has 0 spiro atoms. The van der Waals surface area contributed by atoms with Crippen LogP contribution in [0.4, 0.5) is 5.82 Å². The van der Waals surface area contributed by atoms with Gasteiger partial charge in [0.25, 0.3) is 5.56 Å². The van der Waals surface area contributed by atoms with Gasteiger partial charge < -0.3 is 14.6 Å². The van der Waals surface area contributed by atoms with E-state index in [1.54, 1.807) is 35.9 Å². The molecule has 7 nitrogen and oxygen atoms in total. The van der Waals surface area contributed by atoms with Crippen LogP contribution in [0.1, 0.15) is 45.0 Å². The van der Waals surface area contributed by atoms with Gasteiger partial charge in [0, 0.05) is 25.1 Å². The van der Waals surface area contributed by atoms with Gasteiger partial charge in [0.05, 0.1) is 18.2 Å². The summed E-state index contributed by atoms with van der Waals surface area (Å²) in [5.74, 6) is 0.0787. The Labute approximate surface area is 189 Å². The number of carbonyl (C=O) groups excluding carboxylic acids is 2. The second-order valence-electron chi connectivity index (χ2n) is 7.71. The van der Waals surface area contributed by atoms with E-state index >= 15 is 0 Å². The van der Waals surface area contributed by atoms with E-state index < -0.39 is 11.9 Å². The van der Waals surface area contributed by atoms with E-state index in [4.69, 9.17) is 4.74 Å². The fourth-order valence-corrected chi connectivity index (χ4v) is 4.67. The summed E-state index contributed by atoms with van der Waals surface area (Å²) in [6.07, 6.45) is 0.136. The van der Waals surface area contributed by atoms with Crippen LogP contribution in [0.15, 0.2) is 58.5 Å². The molecule has 4 rings (SSSR count). The van der Waals surface area contributed by atoms with Crippen molar-refractivity contribution in [1.29, 1.82) is 0 Å². The van der Waals surface area contributed by atoms with Crippen LogP contribution in [0.2, 0.25) is 0 Å². The molecule has 32 heavy (non-hydrogen) atoms. The number of aromatic nitrogens is 2. The Morgan fingerprint density at radius 2 is 1.84 bits per heavy atom. The standard InChI is InChI=1S/C24H23N3O4S/c1-14-4-6-15(7-5-14)13-32-24-26-22(29)20-18(12-19(28)25-21(20)27(24)2)16-8-10-17(11-9-16)23(30)31-3/h4-11,18H,12-13H2,1-3H3,(H,25,28). The van der Waals surface area contributed by atoms with Crippen molar-refractivity contribution in [2.75, 3.05) is 12.4 Å². The van der Waals surface area contributed by atoms with Crippen LogP contribution in [0, 0.1) is 6.92 Å². The molecule has 0 saturated heterocycles. The van der Waals surface area contributed by atoms with Crippen molar-refractivity contribution in [3.8, 4) is 0 Å². The normalized spacial score (nSPS) is 15.1. The molecule has 1 aliphatic rings. The number of benzene rings is 2. The first kappa shape index (κ1) is 21.8. The van der Waals surface area contributed by atoms with Gasteiger partial charge in [-0.15, -0.1) is 0 Å². The van der Waals surface area contributed by atoms with Gasteiger partial charge in [-0.25, -0.2) is 4.79 Å². The fourth-order valence-electron chi connectivity index (χ4n) is 3.75. The number of methoxy groups -OCH3 is 1. The van der Waals surface area contributed by atoms with Crippen LogP contribution >= 0.6 is 11.8 Å². The third kappa shape index (κ3) is 4.31. The molecule has 0 aliphatic carbocycles. The number of hydrogen-bond acceptors (Lipinski definition) is 6. The summed E-state index contributed by atoms with van der Waals surface area (Å²) in [6.45, 7) is 2.04. The van der Waals surface area contributed by atoms with Crippen molar-refractivity contribution in [3.05, 3.63) is 86.7 Å². The number of anilines is 1. The highest BCUT2D eigenvalue weighted by Crippen LogP contribution is 2.36. The highest BCUT2D eigenvalue weighted by Gasteiger charge is 2.32. The summed E-state index contributed by atoms with van der Waals surface area (Å²) in [6, 6.07) is 15.0. The topological polar surface area (TPSA) is 90.3 Å². The van der Waals surface area contributed by atoms with Crippen LogP contribution in [0.3, 0.4) is 0 Å². The van der Waals surface area contributed by atoms with E-state index in [2.05, 4.69) is 22.4 Å². The Morgan fingerprint density at radius 3 is 2.50 bits per heavy atom. The predicted molar refractivity (Wildman–Crippen MR) is 123 cm³/mol. The lowest BCUT2D eigenvalue weighted by molar-refractivity contribution is -0.116. The number of ether oxygens (including phenoxy) is 1. The maximum Gasteiger partial charge on any atom is 0.337 e. The average molecular weight is 450 g/mol. The molecule has 1 atom stereocenters. The molecule has 0 bridgehead atoms. The molecule has 0 saturated carbocycles. The van der Waals surface area contributed by atoms with Crippen LogP contribution in [-0.2, 0) is 22.3 Å². The monoisotopic (exact) mass is 449 g/mol. The lowest BCUT2D eigenvalue weighted by Crippen LogP contribution is -2.33. The minimum atomic E-state index is -0.439. The SMILES string of the molecule is COC(=O)c1ccc(C2CC(=O)Nc3c2c(=O)nc(SCc2ccc(C)cc2)n3C)cc1. The quantitative estimate of drug-likeness (QED) is 0.363. The van der Waals surface area contributed by atoms with Gasteiger partial charge in [0.15, 0.2) is 5.16 Å². The van der Waals surface area contributed by atoms with Gasteiger partial charge in [0.1, 0.15) is 5.82 Å². The maximum absolute atomic E-state index is 13.0. The predicted octanol–water partition coefficient (Wildman–Crippen LogP) is 3.64. The van der Waals surface area contributed by atoms with E-state index in [0.29, 0.717) is 27.9 Å². The number of amides is 1. The minimum absolute atomic E-state index is 0.136. The van der Waals surface area contributed by atoms with Crippen molar-refractivity contribution in [2.24, 2.45) is 7.05 Å². The maximum atomic E-state index is 13.0. The molecule has 1 aromatic heterocycles. The molecule has 1 amide bonds. The Morgan fingerprint density at radius 1 is 1.16 bits per heavy atom. The zero-order valence-corrected chi connectivity index (χ0v) is 18.9. The van der Waals surface area contributed by atoms with E-state index in [0.717, 1.165) is 11.1 Å². The lowest BCUT2D eigenvalue weighted by Gasteiger charge is -2.27. The number of fused-ring (bicyclic) bond motifs is 1. The largest absolute Gasteiger partial charge is 0.465 e. The first-order valence-corrected chi connectivity index (χ1v) is 11.1. The molecule has 0 fully saturated rings. The van der Waals surface area contributed by atoms with Gasteiger partial charge in [-0.2, -0.15) is 4.98 Å². The van der Waals surface area contributed by atoms with E-state index in [9.17, 15) is 14.4 Å². The van der Waals surface area contributed by atoms with Crippen molar-refractivity contribution in [1.82, 2.24) is 9.55 Å². The molecule has 0 radical (unpaired) electrons. The molecule has 2 heterocycles. The van der Waals surface area contributed by atoms with Gasteiger partial charge in [-0.1, -0.05) is 53.7 Å². The van der Waals surface area contributed by atoms with Crippen LogP contribution < -0.4 is 10.9 Å². The molecule has 8 heteroatoms. The number of rotatable bonds is 5. The summed E-state index contributed by atoms with van der Waals surface area (Å²) in [7, 11) is 3.12. The molecule has 1 unspecified atom stereocenters. The second kappa shape index (κ2) is 9.00. The summed E-state index contributed by atoms with van der Waals surface area (Å²) in [4.78, 5) is 41.6. The zero-order valence-electron chi connectivity index (χ0n) is 18.0. The fraction of sp³-hybridized carbons (Fsp3) is 0.250. The number of nitrogens with zero attached hydrogens (tertiary/aromatic N) is 2. The van der Waals surface area contributed by atoms with Gasteiger partial charge in [-0.3, -0.25) is 9.59 Å². The van der Waals surface area contributed by atoms with E-state index in [1.807, 2.05) is 19.1 Å². The highest BCUT2D eigenvalue weighted by molar-refractivity contribution is 7.98. The van der Waals surface area contributed by atoms with Crippen molar-refractivity contribution >= 4 is 29.5 Å². The third-order valence-electron chi connectivity index (χ3n) is 5.52. The average Bonchev–Trinajstić information content (AvgIpc) is 2.80. The molecular formula is C24H23N3O4S. The van der Waals surface area contributed by atoms with Gasteiger partial charge >= 0.3 is 5.97 Å². The Hall–Kier alpha value is -3.39. The smallest absolute Gasteiger partial charge is 0.337 e. The number of carbonyl (C=O) groups is 2. The molecule has 2 aromatic carbocycles. The van der Waals surface area contributed by atoms with Crippen molar-refractivity contribution in [3.63, 3.8) is 0 Å². The molecule has 164 valence electrons. The molecular weight excluding hydrogens is 426 g/mol. The first-order valence-electron chi connectivity index (χ1n) is 10.1. The van der Waals surface area contributed by atoms with Crippen LogP contribution in [0.5, 0.6) is 0 Å². The highest BCUT2D eigenvalue weighted by atomic mass is 32.2. The minimum Gasteiger partial charge on any atom is -0.465 e. The number of nitrogens with one attached hydrogen (secondary N) is 1. The molecule has 1 N–H and O–H groups in total.